The summed E-state index contributed by atoms with van der Waals surface area (Å²) in [6.07, 6.45) is 0. The minimum absolute atomic E-state index is 0.0968. The van der Waals surface area contributed by atoms with Gasteiger partial charge in [-0.1, -0.05) is 72.8 Å². The predicted molar refractivity (Wildman–Crippen MR) is 139 cm³/mol. The smallest absolute Gasteiger partial charge is 0.271 e. The number of ether oxygens (including phenoxy) is 1. The van der Waals surface area contributed by atoms with Crippen LogP contribution in [-0.4, -0.2) is 24.1 Å². The van der Waals surface area contributed by atoms with Crippen LogP contribution in [0.15, 0.2) is 114 Å². The largest absolute Gasteiger partial charge is 0.484 e. The average Bonchev–Trinajstić information content (AvgIpc) is 2.91. The number of nitrogens with one attached hydrogen (secondary N) is 2. The van der Waals surface area contributed by atoms with Crippen molar-refractivity contribution in [3.05, 3.63) is 120 Å². The first-order valence-corrected chi connectivity index (χ1v) is 11.2. The SMILES string of the molecule is C/C(=N/NC(=O)c1ccc(-c2ccccc2)cc1)c1cccc(NC(=O)COc2ccccc2)c1. The van der Waals surface area contributed by atoms with Gasteiger partial charge in [0.1, 0.15) is 5.75 Å². The maximum Gasteiger partial charge on any atom is 0.271 e. The summed E-state index contributed by atoms with van der Waals surface area (Å²) in [6, 6.07) is 33.7. The number of benzene rings is 4. The van der Waals surface area contributed by atoms with Crippen LogP contribution >= 0.6 is 0 Å². The second kappa shape index (κ2) is 11.4. The van der Waals surface area contributed by atoms with Crippen molar-refractivity contribution in [1.29, 1.82) is 0 Å². The van der Waals surface area contributed by atoms with E-state index in [0.717, 1.165) is 16.7 Å². The fraction of sp³-hybridized carbons (Fsp3) is 0.0690. The number of para-hydroxylation sites is 1. The number of hydrogen-bond donors (Lipinski definition) is 2. The van der Waals surface area contributed by atoms with Crippen molar-refractivity contribution in [2.45, 2.75) is 6.92 Å². The van der Waals surface area contributed by atoms with Gasteiger partial charge >= 0.3 is 0 Å². The van der Waals surface area contributed by atoms with E-state index in [4.69, 9.17) is 4.74 Å². The van der Waals surface area contributed by atoms with Gasteiger partial charge in [-0.3, -0.25) is 9.59 Å². The number of hydrazone groups is 1. The van der Waals surface area contributed by atoms with Gasteiger partial charge in [-0.2, -0.15) is 5.10 Å². The van der Waals surface area contributed by atoms with Crippen LogP contribution in [0.25, 0.3) is 11.1 Å². The summed E-state index contributed by atoms with van der Waals surface area (Å²) in [6.45, 7) is 1.69. The Labute approximate surface area is 204 Å². The molecule has 0 aliphatic carbocycles. The molecule has 0 heterocycles. The molecule has 0 saturated carbocycles. The van der Waals surface area contributed by atoms with E-state index in [-0.39, 0.29) is 18.4 Å². The van der Waals surface area contributed by atoms with Gasteiger partial charge in [-0.15, -0.1) is 0 Å². The molecule has 0 aliphatic rings. The van der Waals surface area contributed by atoms with E-state index < -0.39 is 0 Å². The molecule has 0 spiro atoms. The first-order chi connectivity index (χ1) is 17.1. The van der Waals surface area contributed by atoms with Crippen LogP contribution in [0, 0.1) is 0 Å². The Kier molecular flexibility index (Phi) is 7.66. The highest BCUT2D eigenvalue weighted by Crippen LogP contribution is 2.19. The minimum Gasteiger partial charge on any atom is -0.484 e. The van der Waals surface area contributed by atoms with Gasteiger partial charge in [0.2, 0.25) is 0 Å². The molecular weight excluding hydrogens is 438 g/mol. The maximum absolute atomic E-state index is 12.5. The first kappa shape index (κ1) is 23.4. The molecule has 4 aromatic rings. The predicted octanol–water partition coefficient (Wildman–Crippen LogP) is 5.53. The normalized spacial score (nSPS) is 10.9. The molecule has 0 unspecified atom stereocenters. The molecule has 174 valence electrons. The molecular formula is C29H25N3O3. The molecule has 0 saturated heterocycles. The summed E-state index contributed by atoms with van der Waals surface area (Å²) in [5, 5.41) is 7.04. The van der Waals surface area contributed by atoms with E-state index in [1.165, 1.54) is 0 Å². The van der Waals surface area contributed by atoms with Crippen molar-refractivity contribution in [2.75, 3.05) is 11.9 Å². The zero-order valence-corrected chi connectivity index (χ0v) is 19.3. The van der Waals surface area contributed by atoms with E-state index in [9.17, 15) is 9.59 Å². The second-order valence-corrected chi connectivity index (χ2v) is 7.81. The highest BCUT2D eigenvalue weighted by molar-refractivity contribution is 6.02. The molecule has 0 radical (unpaired) electrons. The molecule has 4 aromatic carbocycles. The minimum atomic E-state index is -0.300. The molecule has 0 bridgehead atoms. The van der Waals surface area contributed by atoms with Gasteiger partial charge in [0.25, 0.3) is 11.8 Å². The summed E-state index contributed by atoms with van der Waals surface area (Å²) in [5.74, 6) is 0.0594. The summed E-state index contributed by atoms with van der Waals surface area (Å²) in [5.41, 5.74) is 7.23. The number of carbonyl (C=O) groups is 2. The van der Waals surface area contributed by atoms with Crippen molar-refractivity contribution in [1.82, 2.24) is 5.43 Å². The third kappa shape index (κ3) is 6.65. The number of hydrogen-bond acceptors (Lipinski definition) is 4. The Balaban J connectivity index is 1.34. The van der Waals surface area contributed by atoms with Crippen LogP contribution in [0.1, 0.15) is 22.8 Å². The average molecular weight is 464 g/mol. The molecule has 0 fully saturated rings. The fourth-order valence-corrected chi connectivity index (χ4v) is 3.39. The van der Waals surface area contributed by atoms with Gasteiger partial charge in [0, 0.05) is 11.3 Å². The van der Waals surface area contributed by atoms with Crippen LogP contribution in [0.2, 0.25) is 0 Å². The number of amides is 2. The zero-order valence-electron chi connectivity index (χ0n) is 19.3. The highest BCUT2D eigenvalue weighted by Gasteiger charge is 2.08. The topological polar surface area (TPSA) is 79.8 Å². The molecule has 2 amide bonds. The standard InChI is InChI=1S/C29H25N3O3/c1-21(31-32-29(34)24-17-15-23(16-18-24)22-9-4-2-5-10-22)25-11-8-12-26(19-25)30-28(33)20-35-27-13-6-3-7-14-27/h2-19H,20H2,1H3,(H,30,33)(H,32,34)/b31-21-. The molecule has 2 N–H and O–H groups in total. The van der Waals surface area contributed by atoms with E-state index in [0.29, 0.717) is 22.7 Å². The second-order valence-electron chi connectivity index (χ2n) is 7.81. The van der Waals surface area contributed by atoms with Gasteiger partial charge in [0.05, 0.1) is 5.71 Å². The van der Waals surface area contributed by atoms with Gasteiger partial charge in [-0.25, -0.2) is 5.43 Å². The summed E-state index contributed by atoms with van der Waals surface area (Å²) >= 11 is 0. The summed E-state index contributed by atoms with van der Waals surface area (Å²) in [7, 11) is 0. The number of anilines is 1. The van der Waals surface area contributed by atoms with Crippen LogP contribution in [-0.2, 0) is 4.79 Å². The lowest BCUT2D eigenvalue weighted by Gasteiger charge is -2.09. The van der Waals surface area contributed by atoms with Gasteiger partial charge < -0.3 is 10.1 Å². The Morgan fingerprint density at radius 3 is 2.11 bits per heavy atom. The third-order valence-corrected chi connectivity index (χ3v) is 5.26. The molecule has 0 atom stereocenters. The lowest BCUT2D eigenvalue weighted by Crippen LogP contribution is -2.20. The van der Waals surface area contributed by atoms with Gasteiger partial charge in [0.15, 0.2) is 6.61 Å². The van der Waals surface area contributed by atoms with Crippen LogP contribution < -0.4 is 15.5 Å². The van der Waals surface area contributed by atoms with Crippen LogP contribution in [0.3, 0.4) is 0 Å². The number of rotatable bonds is 8. The van der Waals surface area contributed by atoms with Crippen molar-refractivity contribution in [3.8, 4) is 16.9 Å². The molecule has 0 aromatic heterocycles. The molecule has 6 nitrogen and oxygen atoms in total. The molecule has 6 heteroatoms. The monoisotopic (exact) mass is 463 g/mol. The summed E-state index contributed by atoms with van der Waals surface area (Å²) < 4.78 is 5.47. The maximum atomic E-state index is 12.5. The van der Waals surface area contributed by atoms with Crippen LogP contribution in [0.5, 0.6) is 5.75 Å². The number of carbonyl (C=O) groups excluding carboxylic acids is 2. The Morgan fingerprint density at radius 1 is 0.743 bits per heavy atom. The van der Waals surface area contributed by atoms with Crippen molar-refractivity contribution in [2.24, 2.45) is 5.10 Å². The van der Waals surface area contributed by atoms with E-state index >= 15 is 0 Å². The highest BCUT2D eigenvalue weighted by atomic mass is 16.5. The fourth-order valence-electron chi connectivity index (χ4n) is 3.39. The van der Waals surface area contributed by atoms with E-state index in [1.807, 2.05) is 72.8 Å². The van der Waals surface area contributed by atoms with Crippen molar-refractivity contribution in [3.63, 3.8) is 0 Å². The molecule has 0 aliphatic heterocycles. The molecule has 4 rings (SSSR count). The lowest BCUT2D eigenvalue weighted by atomic mass is 10.0. The third-order valence-electron chi connectivity index (χ3n) is 5.26. The Morgan fingerprint density at radius 2 is 1.40 bits per heavy atom. The van der Waals surface area contributed by atoms with E-state index in [2.05, 4.69) is 15.8 Å². The molecule has 35 heavy (non-hydrogen) atoms. The zero-order chi connectivity index (χ0) is 24.5. The van der Waals surface area contributed by atoms with E-state index in [1.54, 1.807) is 43.3 Å². The van der Waals surface area contributed by atoms with Crippen molar-refractivity contribution >= 4 is 23.2 Å². The van der Waals surface area contributed by atoms with Crippen molar-refractivity contribution < 1.29 is 14.3 Å². The Hall–Kier alpha value is -4.71. The summed E-state index contributed by atoms with van der Waals surface area (Å²) in [4.78, 5) is 24.8. The Bertz CT molecular complexity index is 1320. The quantitative estimate of drug-likeness (QED) is 0.267. The number of nitrogens with zero attached hydrogens (tertiary/aromatic N) is 1. The van der Waals surface area contributed by atoms with Gasteiger partial charge in [-0.05, 0) is 60.0 Å². The first-order valence-electron chi connectivity index (χ1n) is 11.2. The lowest BCUT2D eigenvalue weighted by molar-refractivity contribution is -0.118. The van der Waals surface area contributed by atoms with Crippen LogP contribution in [0.4, 0.5) is 5.69 Å².